The highest BCUT2D eigenvalue weighted by Gasteiger charge is 2.24. The van der Waals surface area contributed by atoms with Crippen molar-refractivity contribution in [3.8, 4) is 0 Å². The Labute approximate surface area is 623 Å². The summed E-state index contributed by atoms with van der Waals surface area (Å²) in [7, 11) is -2.18. The molecule has 0 spiro atoms. The largest absolute Gasteiger partial charge is 0.348 e. The molecule has 8 amide bonds. The number of carbonyl (C=O) groups is 8. The van der Waals surface area contributed by atoms with Gasteiger partial charge in [-0.2, -0.15) is 0 Å². The van der Waals surface area contributed by atoms with E-state index in [1.165, 1.54) is 0 Å². The van der Waals surface area contributed by atoms with Gasteiger partial charge in [-0.15, -0.1) is 0 Å². The van der Waals surface area contributed by atoms with Crippen molar-refractivity contribution >= 4 is 118 Å². The van der Waals surface area contributed by atoms with E-state index in [4.69, 9.17) is 0 Å². The Morgan fingerprint density at radius 1 is 0.208 bits per heavy atom. The van der Waals surface area contributed by atoms with Crippen molar-refractivity contribution in [1.29, 1.82) is 0 Å². The molecule has 10 aromatic carbocycles. The highest BCUT2D eigenvalue weighted by Crippen LogP contribution is 2.35. The van der Waals surface area contributed by atoms with E-state index in [-0.39, 0.29) is 73.4 Å². The van der Waals surface area contributed by atoms with E-state index in [0.717, 1.165) is 131 Å². The first-order valence-electron chi connectivity index (χ1n) is 36.6. The summed E-state index contributed by atoms with van der Waals surface area (Å²) in [5, 5.41) is 30.2. The third kappa shape index (κ3) is 23.4. The van der Waals surface area contributed by atoms with E-state index < -0.39 is 15.8 Å². The zero-order valence-corrected chi connectivity index (χ0v) is 61.3. The minimum absolute atomic E-state index is 0.0228. The SMILES string of the molecule is O=C1CCCCCCCCC(=O)Nc2ccc(cc2)CNC(=O)c2cc(cc(P(c3ccccc3)c3ccccc3)c2)C(=O)NCc2ccc(cc2)N1.O=C1CCCCCCCCC(=O)Nc2ccc(cc2)CNC(=O)c2cc(cc(P(c3ccccc3)c3ccccc3)c2)C(=O)NCc2ccc(cc2)N1. The van der Waals surface area contributed by atoms with Crippen molar-refractivity contribution in [3.05, 3.63) is 299 Å². The van der Waals surface area contributed by atoms with Crippen molar-refractivity contribution in [1.82, 2.24) is 21.3 Å². The monoisotopic (exact) mass is 1450 g/mol. The van der Waals surface area contributed by atoms with Crippen LogP contribution < -0.4 is 74.4 Å². The van der Waals surface area contributed by atoms with E-state index in [9.17, 15) is 38.4 Å². The van der Waals surface area contributed by atoms with Crippen LogP contribution in [0.4, 0.5) is 22.7 Å². The molecule has 8 heterocycles. The fourth-order valence-corrected chi connectivity index (χ4v) is 17.4. The van der Waals surface area contributed by atoms with Gasteiger partial charge in [-0.1, -0.05) is 221 Å². The van der Waals surface area contributed by atoms with Crippen LogP contribution in [0.15, 0.2) is 255 Å². The molecule has 0 aliphatic carbocycles. The average Bonchev–Trinajstić information content (AvgIpc) is 0.797. The number of rotatable bonds is 6. The van der Waals surface area contributed by atoms with Gasteiger partial charge in [0.1, 0.15) is 0 Å². The Balaban J connectivity index is 0.000000212. The van der Waals surface area contributed by atoms with Gasteiger partial charge >= 0.3 is 0 Å². The second-order valence-electron chi connectivity index (χ2n) is 26.5. The Bertz CT molecular complexity index is 4010. The van der Waals surface area contributed by atoms with Gasteiger partial charge in [0.15, 0.2) is 0 Å². The minimum Gasteiger partial charge on any atom is -0.348 e. The minimum atomic E-state index is -1.09. The van der Waals surface area contributed by atoms with Gasteiger partial charge in [-0.25, -0.2) is 0 Å². The van der Waals surface area contributed by atoms with Crippen LogP contribution in [0.5, 0.6) is 0 Å². The maximum absolute atomic E-state index is 13.8. The fraction of sp³-hybridized carbons (Fsp3) is 0.227. The van der Waals surface area contributed by atoms with E-state index in [0.29, 0.717) is 70.7 Å². The van der Waals surface area contributed by atoms with Crippen molar-refractivity contribution < 1.29 is 38.4 Å². The summed E-state index contributed by atoms with van der Waals surface area (Å²) >= 11 is 0. The summed E-state index contributed by atoms with van der Waals surface area (Å²) in [5.74, 6) is -1.27. The van der Waals surface area contributed by atoms with Crippen LogP contribution in [-0.4, -0.2) is 47.3 Å². The summed E-state index contributed by atoms with van der Waals surface area (Å²) in [6.45, 7) is 1.12. The smallest absolute Gasteiger partial charge is 0.251 e. The van der Waals surface area contributed by atoms with Gasteiger partial charge in [0.05, 0.1) is 0 Å². The molecule has 10 aromatic rings. The van der Waals surface area contributed by atoms with E-state index in [1.807, 2.05) is 194 Å². The highest BCUT2D eigenvalue weighted by atomic mass is 31.1. The van der Waals surface area contributed by atoms with E-state index in [1.54, 1.807) is 12.1 Å². The lowest BCUT2D eigenvalue weighted by molar-refractivity contribution is -0.117. The van der Waals surface area contributed by atoms with Gasteiger partial charge in [0.2, 0.25) is 23.6 Å². The maximum Gasteiger partial charge on any atom is 0.251 e. The normalized spacial score (nSPS) is 15.3. The van der Waals surface area contributed by atoms with Gasteiger partial charge < -0.3 is 42.5 Å². The number of carbonyl (C=O) groups excluding carboxylic acids is 8. The lowest BCUT2D eigenvalue weighted by atomic mass is 10.1. The molecular weight excluding hydrogens is 1360 g/mol. The predicted molar refractivity (Wildman–Crippen MR) is 429 cm³/mol. The summed E-state index contributed by atoms with van der Waals surface area (Å²) in [4.78, 5) is 105. The molecule has 18 rings (SSSR count). The number of benzene rings is 10. The quantitative estimate of drug-likeness (QED) is 0.0744. The fourth-order valence-electron chi connectivity index (χ4n) is 12.6. The molecular formula is C88H90N8O8P2. The van der Waals surface area contributed by atoms with Crippen LogP contribution in [0.1, 0.15) is 166 Å². The highest BCUT2D eigenvalue weighted by molar-refractivity contribution is 7.80. The zero-order chi connectivity index (χ0) is 73.7. The molecule has 16 nitrogen and oxygen atoms in total. The third-order valence-corrected chi connectivity index (χ3v) is 23.1. The molecule has 0 saturated carbocycles. The predicted octanol–water partition coefficient (Wildman–Crippen LogP) is 14.6. The number of nitrogens with one attached hydrogen (secondary N) is 8. The van der Waals surface area contributed by atoms with Crippen LogP contribution in [0.3, 0.4) is 0 Å². The van der Waals surface area contributed by atoms with Crippen molar-refractivity contribution in [2.75, 3.05) is 21.3 Å². The standard InChI is InChI=1S/2C44H45N4O4P/c2*49-41-17-11-3-1-2-4-12-18-42(50)48-37-25-21-33(22-26-37)31-46-44(52)35-27-34(43(51)45-30-32-19-23-36(47-41)24-20-32)28-40(29-35)53(38-13-7-5-8-14-38)39-15-9-6-10-16-39/h2*5-10,13-16,19-29H,1-4,11-12,17-18,30-31H2,(H,45,51)(H,46,52)(H,47,49)(H,48,50). The summed E-state index contributed by atoms with van der Waals surface area (Å²) < 4.78 is 0. The average molecular weight is 1450 g/mol. The molecule has 0 unspecified atom stereocenters. The lowest BCUT2D eigenvalue weighted by Gasteiger charge is -2.21. The van der Waals surface area contributed by atoms with E-state index in [2.05, 4.69) is 91.1 Å². The molecule has 8 aliphatic rings. The summed E-state index contributed by atoms with van der Waals surface area (Å²) in [6.07, 6.45) is 13.1. The number of hydrogen-bond donors (Lipinski definition) is 8. The van der Waals surface area contributed by atoms with Crippen LogP contribution in [-0.2, 0) is 45.4 Å². The molecule has 0 saturated heterocycles. The molecule has 12 bridgehead atoms. The molecule has 8 aliphatic heterocycles. The molecule has 18 heteroatoms. The number of amides is 8. The maximum atomic E-state index is 13.8. The Hall–Kier alpha value is -11.2. The summed E-state index contributed by atoms with van der Waals surface area (Å²) in [6, 6.07) is 81.3. The van der Waals surface area contributed by atoms with Crippen LogP contribution in [0.25, 0.3) is 0 Å². The molecule has 8 N–H and O–H groups in total. The van der Waals surface area contributed by atoms with E-state index >= 15 is 0 Å². The van der Waals surface area contributed by atoms with Gasteiger partial charge in [0.25, 0.3) is 23.6 Å². The van der Waals surface area contributed by atoms with Gasteiger partial charge in [-0.05, 0) is 181 Å². The second kappa shape index (κ2) is 39.6. The Morgan fingerprint density at radius 2 is 0.406 bits per heavy atom. The molecule has 0 aromatic heterocycles. The molecule has 0 radical (unpaired) electrons. The second-order valence-corrected chi connectivity index (χ2v) is 30.9. The number of anilines is 4. The molecule has 540 valence electrons. The summed E-state index contributed by atoms with van der Waals surface area (Å²) in [5.41, 5.74) is 7.92. The van der Waals surface area contributed by atoms with Gasteiger partial charge in [-0.3, -0.25) is 38.4 Å². The van der Waals surface area contributed by atoms with Crippen molar-refractivity contribution in [2.24, 2.45) is 0 Å². The zero-order valence-electron chi connectivity index (χ0n) is 59.6. The topological polar surface area (TPSA) is 233 Å². The molecule has 106 heavy (non-hydrogen) atoms. The van der Waals surface area contributed by atoms with Crippen LogP contribution in [0, 0.1) is 0 Å². The Morgan fingerprint density at radius 3 is 0.613 bits per heavy atom. The first-order valence-corrected chi connectivity index (χ1v) is 39.3. The Kier molecular flexibility index (Phi) is 28.4. The van der Waals surface area contributed by atoms with Crippen molar-refractivity contribution in [3.63, 3.8) is 0 Å². The lowest BCUT2D eigenvalue weighted by Crippen LogP contribution is -2.29. The molecule has 0 fully saturated rings. The number of hydrogen-bond acceptors (Lipinski definition) is 8. The van der Waals surface area contributed by atoms with Crippen LogP contribution >= 0.6 is 15.8 Å². The van der Waals surface area contributed by atoms with Crippen LogP contribution in [0.2, 0.25) is 0 Å². The first kappa shape index (κ1) is 76.0. The van der Waals surface area contributed by atoms with Crippen molar-refractivity contribution in [2.45, 2.75) is 129 Å². The van der Waals surface area contributed by atoms with Gasteiger partial charge in [0, 0.05) is 96.9 Å². The third-order valence-electron chi connectivity index (χ3n) is 18.3. The first-order chi connectivity index (χ1) is 51.8. The molecule has 0 atom stereocenters.